The number of carbonyl (C=O) groups is 1. The zero-order valence-electron chi connectivity index (χ0n) is 14.7. The van der Waals surface area contributed by atoms with Gasteiger partial charge in [-0.2, -0.15) is 4.31 Å². The van der Waals surface area contributed by atoms with Crippen molar-refractivity contribution >= 4 is 27.3 Å². The van der Waals surface area contributed by atoms with E-state index in [1.54, 1.807) is 30.1 Å². The molecule has 0 unspecified atom stereocenters. The van der Waals surface area contributed by atoms with E-state index in [4.69, 9.17) is 0 Å². The third-order valence-corrected chi connectivity index (χ3v) is 7.68. The summed E-state index contributed by atoms with van der Waals surface area (Å²) in [5.41, 5.74) is 0.874. The number of halogens is 1. The summed E-state index contributed by atoms with van der Waals surface area (Å²) in [5, 5.41) is 1.98. The van der Waals surface area contributed by atoms with E-state index in [0.29, 0.717) is 26.2 Å². The zero-order chi connectivity index (χ0) is 18.9. The highest BCUT2D eigenvalue weighted by Gasteiger charge is 2.28. The van der Waals surface area contributed by atoms with Crippen molar-refractivity contribution in [3.05, 3.63) is 51.5 Å². The first-order valence-electron chi connectivity index (χ1n) is 8.52. The second-order valence-corrected chi connectivity index (χ2v) is 9.02. The van der Waals surface area contributed by atoms with E-state index in [-0.39, 0.29) is 10.5 Å². The molecule has 0 atom stereocenters. The molecule has 1 amide bonds. The van der Waals surface area contributed by atoms with Crippen LogP contribution in [-0.4, -0.2) is 43.2 Å². The molecule has 0 saturated heterocycles. The molecule has 0 radical (unpaired) electrons. The molecule has 0 bridgehead atoms. The number of fused-ring (bicyclic) bond motifs is 1. The van der Waals surface area contributed by atoms with Crippen molar-refractivity contribution in [2.24, 2.45) is 0 Å². The van der Waals surface area contributed by atoms with Crippen molar-refractivity contribution in [3.63, 3.8) is 0 Å². The van der Waals surface area contributed by atoms with Gasteiger partial charge in [-0.1, -0.05) is 13.8 Å². The minimum absolute atomic E-state index is 0.0563. The Morgan fingerprint density at radius 3 is 2.69 bits per heavy atom. The van der Waals surface area contributed by atoms with Crippen LogP contribution in [0.25, 0.3) is 0 Å². The normalized spacial score (nSPS) is 14.5. The van der Waals surface area contributed by atoms with Gasteiger partial charge in [-0.05, 0) is 41.6 Å². The molecule has 1 aliphatic rings. The molecule has 5 nitrogen and oxygen atoms in total. The summed E-state index contributed by atoms with van der Waals surface area (Å²) in [6.07, 6.45) is 0.734. The van der Waals surface area contributed by atoms with Crippen LogP contribution in [0.2, 0.25) is 0 Å². The third kappa shape index (κ3) is 3.41. The van der Waals surface area contributed by atoms with Crippen LogP contribution in [0.1, 0.15) is 34.6 Å². The van der Waals surface area contributed by atoms with Crippen LogP contribution < -0.4 is 0 Å². The van der Waals surface area contributed by atoms with Crippen molar-refractivity contribution in [3.8, 4) is 0 Å². The van der Waals surface area contributed by atoms with Gasteiger partial charge < -0.3 is 4.90 Å². The van der Waals surface area contributed by atoms with Crippen molar-refractivity contribution in [2.45, 2.75) is 31.7 Å². The number of sulfonamides is 1. The molecule has 8 heteroatoms. The Hall–Kier alpha value is -1.77. The van der Waals surface area contributed by atoms with E-state index >= 15 is 0 Å². The lowest BCUT2D eigenvalue weighted by Gasteiger charge is -2.27. The highest BCUT2D eigenvalue weighted by molar-refractivity contribution is 7.89. The standard InChI is InChI=1S/C18H21FN2O3S2/c1-3-21(4-2)26(23,24)14-5-6-16(19)15(11-14)18(22)20-9-7-17-13(12-20)8-10-25-17/h5-6,8,10-11H,3-4,7,9,12H2,1-2H3. The van der Waals surface area contributed by atoms with E-state index in [1.165, 1.54) is 15.2 Å². The summed E-state index contributed by atoms with van der Waals surface area (Å²) in [6.45, 7) is 5.02. The first-order valence-corrected chi connectivity index (χ1v) is 10.8. The number of hydrogen-bond donors (Lipinski definition) is 0. The van der Waals surface area contributed by atoms with E-state index in [1.807, 2.05) is 11.4 Å². The smallest absolute Gasteiger partial charge is 0.257 e. The molecule has 1 aliphatic heterocycles. The number of amides is 1. The Bertz CT molecular complexity index is 920. The number of carbonyl (C=O) groups excluding carboxylic acids is 1. The molecule has 1 aromatic carbocycles. The van der Waals surface area contributed by atoms with E-state index in [2.05, 4.69) is 0 Å². The van der Waals surface area contributed by atoms with Gasteiger partial charge in [0.2, 0.25) is 10.0 Å². The molecule has 26 heavy (non-hydrogen) atoms. The number of benzene rings is 1. The fourth-order valence-corrected chi connectivity index (χ4v) is 5.51. The second kappa shape index (κ2) is 7.46. The topological polar surface area (TPSA) is 57.7 Å². The van der Waals surface area contributed by atoms with Crippen LogP contribution in [0.4, 0.5) is 4.39 Å². The van der Waals surface area contributed by atoms with Crippen LogP contribution >= 0.6 is 11.3 Å². The van der Waals surface area contributed by atoms with Crippen molar-refractivity contribution in [1.82, 2.24) is 9.21 Å². The summed E-state index contributed by atoms with van der Waals surface area (Å²) in [5.74, 6) is -1.18. The lowest BCUT2D eigenvalue weighted by Crippen LogP contribution is -2.36. The maximum absolute atomic E-state index is 14.3. The van der Waals surface area contributed by atoms with Gasteiger partial charge in [0, 0.05) is 31.1 Å². The van der Waals surface area contributed by atoms with Gasteiger partial charge >= 0.3 is 0 Å². The summed E-state index contributed by atoms with van der Waals surface area (Å²) in [6, 6.07) is 5.40. The third-order valence-electron chi connectivity index (χ3n) is 4.61. The molecule has 0 N–H and O–H groups in total. The molecule has 140 valence electrons. The average molecular weight is 397 g/mol. The van der Waals surface area contributed by atoms with Crippen LogP contribution in [0.15, 0.2) is 34.5 Å². The largest absolute Gasteiger partial charge is 0.334 e. The number of nitrogens with zero attached hydrogens (tertiary/aromatic N) is 2. The van der Waals surface area contributed by atoms with Gasteiger partial charge in [0.15, 0.2) is 0 Å². The molecule has 0 spiro atoms. The predicted molar refractivity (Wildman–Crippen MR) is 99.3 cm³/mol. The highest BCUT2D eigenvalue weighted by Crippen LogP contribution is 2.26. The minimum atomic E-state index is -3.75. The summed E-state index contributed by atoms with van der Waals surface area (Å²) >= 11 is 1.66. The number of thiophene rings is 1. The van der Waals surface area contributed by atoms with E-state index in [9.17, 15) is 17.6 Å². The Labute approximate surface area is 157 Å². The van der Waals surface area contributed by atoms with E-state index < -0.39 is 21.7 Å². The zero-order valence-corrected chi connectivity index (χ0v) is 16.4. The van der Waals surface area contributed by atoms with Gasteiger partial charge in [0.1, 0.15) is 5.82 Å². The van der Waals surface area contributed by atoms with Crippen LogP contribution in [0.3, 0.4) is 0 Å². The molecular weight excluding hydrogens is 375 g/mol. The Kier molecular flexibility index (Phi) is 5.45. The van der Waals surface area contributed by atoms with Crippen LogP contribution in [0.5, 0.6) is 0 Å². The molecule has 2 aromatic rings. The van der Waals surface area contributed by atoms with E-state index in [0.717, 1.165) is 24.1 Å². The Morgan fingerprint density at radius 2 is 2.00 bits per heavy atom. The van der Waals surface area contributed by atoms with Crippen LogP contribution in [-0.2, 0) is 23.0 Å². The first kappa shape index (κ1) is 19.0. The maximum Gasteiger partial charge on any atom is 0.257 e. The molecule has 0 saturated carbocycles. The Morgan fingerprint density at radius 1 is 1.27 bits per heavy atom. The summed E-state index contributed by atoms with van der Waals surface area (Å²) in [4.78, 5) is 15.6. The van der Waals surface area contributed by atoms with Gasteiger partial charge in [-0.3, -0.25) is 4.79 Å². The maximum atomic E-state index is 14.3. The predicted octanol–water partition coefficient (Wildman–Crippen LogP) is 3.12. The fraction of sp³-hybridized carbons (Fsp3) is 0.389. The van der Waals surface area contributed by atoms with Crippen molar-refractivity contribution in [2.75, 3.05) is 19.6 Å². The number of rotatable bonds is 5. The van der Waals surface area contributed by atoms with Crippen molar-refractivity contribution < 1.29 is 17.6 Å². The lowest BCUT2D eigenvalue weighted by atomic mass is 10.1. The molecule has 0 aliphatic carbocycles. The highest BCUT2D eigenvalue weighted by atomic mass is 32.2. The van der Waals surface area contributed by atoms with Gasteiger partial charge in [0.05, 0.1) is 10.5 Å². The average Bonchev–Trinajstić information content (AvgIpc) is 3.09. The van der Waals surface area contributed by atoms with Gasteiger partial charge in [-0.25, -0.2) is 12.8 Å². The van der Waals surface area contributed by atoms with Crippen LogP contribution in [0, 0.1) is 5.82 Å². The van der Waals surface area contributed by atoms with Gasteiger partial charge in [-0.15, -0.1) is 11.3 Å². The number of hydrogen-bond acceptors (Lipinski definition) is 4. The second-order valence-electron chi connectivity index (χ2n) is 6.08. The fourth-order valence-electron chi connectivity index (χ4n) is 3.13. The summed E-state index contributed by atoms with van der Waals surface area (Å²) < 4.78 is 40.9. The summed E-state index contributed by atoms with van der Waals surface area (Å²) in [7, 11) is -3.75. The van der Waals surface area contributed by atoms with Gasteiger partial charge in [0.25, 0.3) is 5.91 Å². The minimum Gasteiger partial charge on any atom is -0.334 e. The quantitative estimate of drug-likeness (QED) is 0.780. The molecule has 0 fully saturated rings. The molecular formula is C18H21FN2O3S2. The molecule has 3 rings (SSSR count). The molecule has 2 heterocycles. The van der Waals surface area contributed by atoms with Crippen molar-refractivity contribution in [1.29, 1.82) is 0 Å². The molecule has 1 aromatic heterocycles. The SMILES string of the molecule is CCN(CC)S(=O)(=O)c1ccc(F)c(C(=O)N2CCc3sccc3C2)c1. The lowest BCUT2D eigenvalue weighted by molar-refractivity contribution is 0.0731. The monoisotopic (exact) mass is 396 g/mol. The first-order chi connectivity index (χ1) is 12.4. The Balaban J connectivity index is 1.92.